The molecular formula is C14H11ClF3N3O2S. The fourth-order valence-electron chi connectivity index (χ4n) is 2.63. The van der Waals surface area contributed by atoms with E-state index in [2.05, 4.69) is 4.98 Å². The molecule has 2 aromatic heterocycles. The van der Waals surface area contributed by atoms with E-state index >= 15 is 0 Å². The molecule has 1 aliphatic rings. The Morgan fingerprint density at radius 3 is 2.79 bits per heavy atom. The van der Waals surface area contributed by atoms with E-state index < -0.39 is 22.8 Å². The van der Waals surface area contributed by atoms with E-state index in [0.717, 1.165) is 15.9 Å². The van der Waals surface area contributed by atoms with E-state index in [0.29, 0.717) is 15.9 Å². The molecule has 128 valence electrons. The van der Waals surface area contributed by atoms with Crippen LogP contribution in [-0.4, -0.2) is 25.4 Å². The summed E-state index contributed by atoms with van der Waals surface area (Å²) in [7, 11) is 0. The molecule has 0 aromatic carbocycles. The van der Waals surface area contributed by atoms with Gasteiger partial charge in [-0.15, -0.1) is 11.3 Å². The molecule has 3 rings (SSSR count). The van der Waals surface area contributed by atoms with Gasteiger partial charge in [-0.25, -0.2) is 4.98 Å². The van der Waals surface area contributed by atoms with Gasteiger partial charge in [0.25, 0.3) is 5.56 Å². The number of rotatable bonds is 2. The van der Waals surface area contributed by atoms with Crippen molar-refractivity contribution in [3.8, 4) is 0 Å². The van der Waals surface area contributed by atoms with E-state index in [1.165, 1.54) is 10.8 Å². The molecule has 2 aromatic rings. The summed E-state index contributed by atoms with van der Waals surface area (Å²) < 4.78 is 41.6. The van der Waals surface area contributed by atoms with Crippen LogP contribution in [-0.2, 0) is 13.1 Å². The van der Waals surface area contributed by atoms with E-state index in [1.54, 1.807) is 19.1 Å². The van der Waals surface area contributed by atoms with Crippen LogP contribution in [0.3, 0.4) is 0 Å². The fourth-order valence-corrected chi connectivity index (χ4v) is 3.59. The molecule has 0 aliphatic carbocycles. The first-order valence-corrected chi connectivity index (χ1v) is 7.97. The van der Waals surface area contributed by atoms with Crippen LogP contribution in [0.4, 0.5) is 13.2 Å². The Morgan fingerprint density at radius 2 is 2.21 bits per heavy atom. The van der Waals surface area contributed by atoms with Gasteiger partial charge >= 0.3 is 6.18 Å². The molecule has 0 spiro atoms. The van der Waals surface area contributed by atoms with E-state index in [-0.39, 0.29) is 17.6 Å². The van der Waals surface area contributed by atoms with Gasteiger partial charge in [0.15, 0.2) is 9.82 Å². The second kappa shape index (κ2) is 5.82. The predicted molar refractivity (Wildman–Crippen MR) is 84.5 cm³/mol. The minimum Gasteiger partial charge on any atom is -0.503 e. The Hall–Kier alpha value is -2.00. The maximum atomic E-state index is 13.0. The topological polar surface area (TPSA) is 60.1 Å². The van der Waals surface area contributed by atoms with Crippen molar-refractivity contribution in [2.45, 2.75) is 26.2 Å². The van der Waals surface area contributed by atoms with Crippen LogP contribution < -0.4 is 16.4 Å². The Kier molecular flexibility index (Phi) is 4.08. The first-order valence-electron chi connectivity index (χ1n) is 6.77. The molecule has 0 bridgehead atoms. The van der Waals surface area contributed by atoms with Crippen LogP contribution in [0, 0.1) is 0 Å². The lowest BCUT2D eigenvalue weighted by Gasteiger charge is -2.10. The first kappa shape index (κ1) is 16.8. The molecule has 0 saturated carbocycles. The van der Waals surface area contributed by atoms with Crippen LogP contribution in [0.5, 0.6) is 0 Å². The lowest BCUT2D eigenvalue weighted by molar-refractivity contribution is -0.0901. The Morgan fingerprint density at radius 1 is 1.50 bits per heavy atom. The Labute approximate surface area is 142 Å². The van der Waals surface area contributed by atoms with Gasteiger partial charge in [0, 0.05) is 17.6 Å². The molecule has 10 heteroatoms. The number of alkyl halides is 3. The summed E-state index contributed by atoms with van der Waals surface area (Å²) in [4.78, 5) is 16.9. The number of aliphatic hydroxyl groups excluding tert-OH is 1. The number of allylic oxidation sites excluding steroid dienone is 2. The van der Waals surface area contributed by atoms with E-state index in [1.807, 2.05) is 0 Å². The van der Waals surface area contributed by atoms with Crippen molar-refractivity contribution in [3.05, 3.63) is 48.9 Å². The van der Waals surface area contributed by atoms with Gasteiger partial charge in [0.05, 0.1) is 6.54 Å². The van der Waals surface area contributed by atoms with Gasteiger partial charge < -0.3 is 9.67 Å². The molecule has 5 nitrogen and oxygen atoms in total. The maximum absolute atomic E-state index is 13.0. The Bertz CT molecular complexity index is 1010. The van der Waals surface area contributed by atoms with Gasteiger partial charge in [-0.3, -0.25) is 9.36 Å². The zero-order valence-corrected chi connectivity index (χ0v) is 13.8. The number of aromatic nitrogens is 3. The van der Waals surface area contributed by atoms with Crippen molar-refractivity contribution in [2.24, 2.45) is 0 Å². The molecule has 0 atom stereocenters. The number of fused-ring (bicyclic) bond motifs is 1. The highest BCUT2D eigenvalue weighted by molar-refractivity contribution is 7.15. The molecular weight excluding hydrogens is 367 g/mol. The number of halogens is 4. The molecule has 1 aliphatic heterocycles. The second-order valence-corrected chi connectivity index (χ2v) is 6.88. The summed E-state index contributed by atoms with van der Waals surface area (Å²) in [5.41, 5.74) is 0.0483. The fraction of sp³-hybridized carbons (Fsp3) is 0.286. The third-order valence-electron chi connectivity index (χ3n) is 3.57. The van der Waals surface area contributed by atoms with Gasteiger partial charge in [-0.2, -0.15) is 13.2 Å². The number of hydrogen-bond donors (Lipinski definition) is 1. The molecule has 0 fully saturated rings. The predicted octanol–water partition coefficient (Wildman–Crippen LogP) is 1.78. The van der Waals surface area contributed by atoms with Crippen molar-refractivity contribution >= 4 is 34.3 Å². The molecule has 0 saturated heterocycles. The summed E-state index contributed by atoms with van der Waals surface area (Å²) in [6.07, 6.45) is -0.201. The summed E-state index contributed by atoms with van der Waals surface area (Å²) in [6, 6.07) is 0. The molecule has 0 radical (unpaired) electrons. The van der Waals surface area contributed by atoms with Crippen LogP contribution >= 0.6 is 22.9 Å². The Balaban J connectivity index is 2.40. The van der Waals surface area contributed by atoms with Crippen molar-refractivity contribution in [2.75, 3.05) is 0 Å². The zero-order valence-electron chi connectivity index (χ0n) is 12.3. The number of thiazole rings is 1. The highest BCUT2D eigenvalue weighted by Crippen LogP contribution is 2.23. The van der Waals surface area contributed by atoms with Crippen LogP contribution in [0.15, 0.2) is 23.1 Å². The average molecular weight is 378 g/mol. The summed E-state index contributed by atoms with van der Waals surface area (Å²) in [6.45, 7) is 1.77. The van der Waals surface area contributed by atoms with Crippen LogP contribution in [0.2, 0.25) is 4.47 Å². The average Bonchev–Trinajstić information content (AvgIpc) is 3.01. The highest BCUT2D eigenvalue weighted by atomic mass is 35.5. The number of hydrogen-bond acceptors (Lipinski definition) is 4. The smallest absolute Gasteiger partial charge is 0.451 e. The number of imidazole rings is 1. The van der Waals surface area contributed by atoms with Crippen molar-refractivity contribution in [1.82, 2.24) is 14.1 Å². The first-order chi connectivity index (χ1) is 11.2. The van der Waals surface area contributed by atoms with Crippen molar-refractivity contribution < 1.29 is 18.3 Å². The largest absolute Gasteiger partial charge is 0.503 e. The second-order valence-electron chi connectivity index (χ2n) is 5.19. The SMILES string of the molecule is CC1=c2n(c(=O)c(=C(O)C(F)(F)F)n2Cc2cnc(Cl)s2)CC=C1. The van der Waals surface area contributed by atoms with Crippen LogP contribution in [0.25, 0.3) is 11.3 Å². The van der Waals surface area contributed by atoms with Gasteiger partial charge in [-0.05, 0) is 12.5 Å². The molecule has 24 heavy (non-hydrogen) atoms. The number of aliphatic hydroxyl groups is 1. The van der Waals surface area contributed by atoms with E-state index in [4.69, 9.17) is 11.6 Å². The zero-order chi connectivity index (χ0) is 17.6. The van der Waals surface area contributed by atoms with Crippen LogP contribution in [0.1, 0.15) is 11.8 Å². The monoisotopic (exact) mass is 377 g/mol. The van der Waals surface area contributed by atoms with Crippen molar-refractivity contribution in [1.29, 1.82) is 0 Å². The van der Waals surface area contributed by atoms with E-state index in [9.17, 15) is 23.1 Å². The lowest BCUT2D eigenvalue weighted by atomic mass is 10.2. The minimum absolute atomic E-state index is 0.0530. The maximum Gasteiger partial charge on any atom is 0.451 e. The highest BCUT2D eigenvalue weighted by Gasteiger charge is 2.37. The number of nitrogens with zero attached hydrogens (tertiary/aromatic N) is 3. The molecule has 0 unspecified atom stereocenters. The quantitative estimate of drug-likeness (QED) is 0.868. The van der Waals surface area contributed by atoms with Gasteiger partial charge in [-0.1, -0.05) is 23.8 Å². The lowest BCUT2D eigenvalue weighted by Crippen LogP contribution is -2.38. The molecule has 3 heterocycles. The van der Waals surface area contributed by atoms with Gasteiger partial charge in [0.2, 0.25) is 5.76 Å². The molecule has 0 amide bonds. The summed E-state index contributed by atoms with van der Waals surface area (Å²) in [5.74, 6) is -1.90. The normalized spacial score (nSPS) is 15.6. The minimum atomic E-state index is -5.02. The summed E-state index contributed by atoms with van der Waals surface area (Å²) >= 11 is 6.85. The standard InChI is InChI=1S/C14H11ClF3N3O2S/c1-7-3-2-4-20-11(7)21(6-8-5-19-13(15)24-8)9(12(20)23)10(22)14(16,17)18/h2-3,5,22H,4,6H2,1H3. The molecule has 1 N–H and O–H groups in total. The summed E-state index contributed by atoms with van der Waals surface area (Å²) in [5, 5.41) is 8.84. The third-order valence-corrected chi connectivity index (χ3v) is 4.67. The van der Waals surface area contributed by atoms with Crippen molar-refractivity contribution in [3.63, 3.8) is 0 Å². The third kappa shape index (κ3) is 2.78. The van der Waals surface area contributed by atoms with Gasteiger partial charge in [0.1, 0.15) is 5.48 Å².